The van der Waals surface area contributed by atoms with Gasteiger partial charge in [-0.2, -0.15) is 0 Å². The van der Waals surface area contributed by atoms with Crippen molar-refractivity contribution in [2.45, 2.75) is 12.8 Å². The number of carbonyl (C=O) groups excluding carboxylic acids is 1. The Hall–Kier alpha value is -0.175. The number of halogens is 1. The van der Waals surface area contributed by atoms with Crippen LogP contribution >= 0.6 is 11.6 Å². The highest BCUT2D eigenvalue weighted by molar-refractivity contribution is 6.18. The van der Waals surface area contributed by atoms with Crippen molar-refractivity contribution in [1.82, 2.24) is 0 Å². The zero-order valence-electron chi connectivity index (χ0n) is 4.82. The molecular formula is C4H8BClO2. The molecule has 0 spiro atoms. The third-order valence-corrected chi connectivity index (χ3v) is 1.01. The first kappa shape index (κ1) is 7.82. The van der Waals surface area contributed by atoms with Crippen molar-refractivity contribution >= 4 is 25.6 Å². The molecule has 0 aliphatic heterocycles. The van der Waals surface area contributed by atoms with E-state index in [1.54, 1.807) is 0 Å². The number of hydrogen-bond acceptors (Lipinski definition) is 2. The molecule has 0 unspecified atom stereocenters. The second-order valence-electron chi connectivity index (χ2n) is 1.37. The Labute approximate surface area is 54.6 Å². The van der Waals surface area contributed by atoms with E-state index in [2.05, 4.69) is 4.65 Å². The van der Waals surface area contributed by atoms with Crippen molar-refractivity contribution in [3.8, 4) is 0 Å². The molecule has 0 aliphatic carbocycles. The zero-order valence-corrected chi connectivity index (χ0v) is 5.57. The van der Waals surface area contributed by atoms with E-state index < -0.39 is 0 Å². The maximum absolute atomic E-state index is 10.3. The van der Waals surface area contributed by atoms with E-state index in [-0.39, 0.29) is 5.97 Å². The Morgan fingerprint density at radius 3 is 2.75 bits per heavy atom. The van der Waals surface area contributed by atoms with Crippen LogP contribution in [0.25, 0.3) is 0 Å². The molecule has 0 atom stereocenters. The van der Waals surface area contributed by atoms with E-state index in [1.807, 2.05) is 0 Å². The van der Waals surface area contributed by atoms with Crippen LogP contribution in [0.15, 0.2) is 0 Å². The van der Waals surface area contributed by atoms with Crippen LogP contribution in [0.5, 0.6) is 0 Å². The van der Waals surface area contributed by atoms with Gasteiger partial charge in [-0.3, -0.25) is 4.79 Å². The maximum Gasteiger partial charge on any atom is 0.325 e. The van der Waals surface area contributed by atoms with Crippen LogP contribution in [0.1, 0.15) is 12.8 Å². The van der Waals surface area contributed by atoms with E-state index in [0.29, 0.717) is 18.7 Å². The van der Waals surface area contributed by atoms with Gasteiger partial charge >= 0.3 is 8.05 Å². The summed E-state index contributed by atoms with van der Waals surface area (Å²) in [6, 6.07) is 0. The van der Waals surface area contributed by atoms with Gasteiger partial charge in [0, 0.05) is 12.3 Å². The number of alkyl halides is 1. The van der Waals surface area contributed by atoms with Crippen molar-refractivity contribution in [3.05, 3.63) is 0 Å². The van der Waals surface area contributed by atoms with Crippen LogP contribution < -0.4 is 0 Å². The lowest BCUT2D eigenvalue weighted by atomic mass is 10.3. The average Bonchev–Trinajstić information content (AvgIpc) is 1.83. The van der Waals surface area contributed by atoms with Gasteiger partial charge < -0.3 is 4.65 Å². The largest absolute Gasteiger partial charge is 0.543 e. The molecule has 0 fully saturated rings. The third-order valence-electron chi connectivity index (χ3n) is 0.742. The molecule has 0 bridgehead atoms. The summed E-state index contributed by atoms with van der Waals surface area (Å²) in [5, 5.41) is 0. The lowest BCUT2D eigenvalue weighted by molar-refractivity contribution is -0.134. The minimum atomic E-state index is -0.189. The van der Waals surface area contributed by atoms with Crippen molar-refractivity contribution in [3.63, 3.8) is 0 Å². The summed E-state index contributed by atoms with van der Waals surface area (Å²) in [4.78, 5) is 10.3. The van der Waals surface area contributed by atoms with Crippen LogP contribution in [0, 0.1) is 0 Å². The van der Waals surface area contributed by atoms with Crippen LogP contribution in [0.2, 0.25) is 0 Å². The normalized spacial score (nSPS) is 8.62. The standard InChI is InChI=1S/C4H8BClO2/c5-8-4(7)2-1-3-6/h1-3,5H2. The van der Waals surface area contributed by atoms with Crippen molar-refractivity contribution < 1.29 is 9.45 Å². The lowest BCUT2D eigenvalue weighted by Gasteiger charge is -1.94. The molecule has 46 valence electrons. The summed E-state index contributed by atoms with van der Waals surface area (Å²) in [5.74, 6) is 0.334. The van der Waals surface area contributed by atoms with E-state index in [4.69, 9.17) is 11.6 Å². The van der Waals surface area contributed by atoms with Crippen LogP contribution in [-0.4, -0.2) is 19.9 Å². The van der Waals surface area contributed by atoms with Gasteiger partial charge in [0.15, 0.2) is 0 Å². The van der Waals surface area contributed by atoms with Gasteiger partial charge in [0.1, 0.15) is 0 Å². The van der Waals surface area contributed by atoms with Gasteiger partial charge in [-0.1, -0.05) is 0 Å². The highest BCUT2D eigenvalue weighted by Gasteiger charge is 1.95. The minimum Gasteiger partial charge on any atom is -0.543 e. The SMILES string of the molecule is BOC(=O)CCCCl. The Bertz CT molecular complexity index is 76.4. The van der Waals surface area contributed by atoms with E-state index in [0.717, 1.165) is 0 Å². The topological polar surface area (TPSA) is 26.3 Å². The highest BCUT2D eigenvalue weighted by atomic mass is 35.5. The lowest BCUT2D eigenvalue weighted by Crippen LogP contribution is -2.00. The third kappa shape index (κ3) is 4.00. The molecule has 0 rings (SSSR count). The number of hydrogen-bond donors (Lipinski definition) is 0. The predicted molar refractivity (Wildman–Crippen MR) is 34.6 cm³/mol. The minimum absolute atomic E-state index is 0.189. The smallest absolute Gasteiger partial charge is 0.325 e. The summed E-state index contributed by atoms with van der Waals surface area (Å²) in [6.07, 6.45) is 1.13. The van der Waals surface area contributed by atoms with Crippen LogP contribution in [0.4, 0.5) is 0 Å². The van der Waals surface area contributed by atoms with Gasteiger partial charge in [0.2, 0.25) is 0 Å². The molecule has 0 N–H and O–H groups in total. The van der Waals surface area contributed by atoms with Crippen molar-refractivity contribution in [2.75, 3.05) is 5.88 Å². The van der Waals surface area contributed by atoms with Crippen LogP contribution in [0.3, 0.4) is 0 Å². The summed E-state index contributed by atoms with van der Waals surface area (Å²) >= 11 is 5.29. The Morgan fingerprint density at radius 2 is 2.38 bits per heavy atom. The monoisotopic (exact) mass is 134 g/mol. The molecule has 4 heteroatoms. The molecule has 0 radical (unpaired) electrons. The first-order chi connectivity index (χ1) is 3.81. The molecule has 2 nitrogen and oxygen atoms in total. The fraction of sp³-hybridized carbons (Fsp3) is 0.750. The Kier molecular flexibility index (Phi) is 4.86. The molecule has 0 heterocycles. The van der Waals surface area contributed by atoms with Gasteiger partial charge in [-0.15, -0.1) is 11.6 Å². The fourth-order valence-corrected chi connectivity index (χ4v) is 0.447. The molecule has 0 aromatic rings. The van der Waals surface area contributed by atoms with Crippen molar-refractivity contribution in [1.29, 1.82) is 0 Å². The summed E-state index contributed by atoms with van der Waals surface area (Å²) in [6.45, 7) is 0. The molecule has 0 saturated carbocycles. The maximum atomic E-state index is 10.3. The summed E-state index contributed by atoms with van der Waals surface area (Å²) < 4.78 is 4.35. The van der Waals surface area contributed by atoms with Gasteiger partial charge in [0.25, 0.3) is 5.97 Å². The first-order valence-corrected chi connectivity index (χ1v) is 2.97. The number of rotatable bonds is 3. The van der Waals surface area contributed by atoms with E-state index in [1.165, 1.54) is 8.05 Å². The molecule has 0 saturated heterocycles. The Morgan fingerprint density at radius 1 is 1.75 bits per heavy atom. The molecule has 0 aromatic heterocycles. The average molecular weight is 134 g/mol. The van der Waals surface area contributed by atoms with Gasteiger partial charge in [0.05, 0.1) is 0 Å². The van der Waals surface area contributed by atoms with Crippen LogP contribution in [-0.2, 0) is 9.45 Å². The summed E-state index contributed by atoms with van der Waals surface area (Å²) in [7, 11) is 1.37. The van der Waals surface area contributed by atoms with Gasteiger partial charge in [-0.25, -0.2) is 0 Å². The quantitative estimate of drug-likeness (QED) is 0.404. The van der Waals surface area contributed by atoms with E-state index in [9.17, 15) is 4.79 Å². The van der Waals surface area contributed by atoms with Crippen molar-refractivity contribution in [2.24, 2.45) is 0 Å². The zero-order chi connectivity index (χ0) is 6.41. The van der Waals surface area contributed by atoms with Gasteiger partial charge in [-0.05, 0) is 6.42 Å². The molecule has 0 amide bonds. The highest BCUT2D eigenvalue weighted by Crippen LogP contribution is 1.92. The Balaban J connectivity index is 2.99. The second-order valence-corrected chi connectivity index (χ2v) is 1.75. The summed E-state index contributed by atoms with van der Waals surface area (Å²) in [5.41, 5.74) is 0. The molecular weight excluding hydrogens is 126 g/mol. The fourth-order valence-electron chi connectivity index (χ4n) is 0.313. The van der Waals surface area contributed by atoms with E-state index >= 15 is 0 Å². The molecule has 0 aliphatic rings. The molecule has 0 aromatic carbocycles. The predicted octanol–water partition coefficient (Wildman–Crippen LogP) is 0.0967. The molecule has 8 heavy (non-hydrogen) atoms. The number of carbonyl (C=O) groups is 1. The first-order valence-electron chi connectivity index (χ1n) is 2.44. The second kappa shape index (κ2) is 4.97.